The number of aliphatic carboxylic acids is 1. The molecule has 3 N–H and O–H groups in total. The lowest BCUT2D eigenvalue weighted by atomic mass is 9.98. The van der Waals surface area contributed by atoms with Crippen LogP contribution in [0.5, 0.6) is 0 Å². The smallest absolute Gasteiger partial charge is 0.409 e. The van der Waals surface area contributed by atoms with Crippen molar-refractivity contribution in [3.8, 4) is 11.1 Å². The van der Waals surface area contributed by atoms with Crippen LogP contribution in [0.25, 0.3) is 11.1 Å². The van der Waals surface area contributed by atoms with E-state index in [2.05, 4.69) is 5.32 Å². The Morgan fingerprint density at radius 2 is 1.66 bits per heavy atom. The van der Waals surface area contributed by atoms with Crippen LogP contribution < -0.4 is 10.6 Å². The minimum Gasteiger partial charge on any atom is -0.481 e. The molecule has 0 bridgehead atoms. The van der Waals surface area contributed by atoms with Crippen LogP contribution in [0.4, 0.5) is 18.0 Å². The number of carbonyl (C=O) groups is 3. The van der Waals surface area contributed by atoms with E-state index in [1.807, 2.05) is 48.5 Å². The van der Waals surface area contributed by atoms with Crippen molar-refractivity contribution in [3.05, 3.63) is 59.7 Å². The van der Waals surface area contributed by atoms with Gasteiger partial charge >= 0.3 is 18.2 Å². The molecule has 8 nitrogen and oxygen atoms in total. The minimum absolute atomic E-state index is 0.0268. The molecule has 1 saturated heterocycles. The van der Waals surface area contributed by atoms with Crippen molar-refractivity contribution in [3.63, 3.8) is 0 Å². The van der Waals surface area contributed by atoms with Crippen LogP contribution in [-0.2, 0) is 19.1 Å². The predicted octanol–water partition coefficient (Wildman–Crippen LogP) is 3.20. The first kappa shape index (κ1) is 24.5. The Hall–Kier alpha value is -3.60. The van der Waals surface area contributed by atoms with Crippen molar-refractivity contribution in [2.45, 2.75) is 43.1 Å². The van der Waals surface area contributed by atoms with Gasteiger partial charge in [0, 0.05) is 12.5 Å². The molecule has 1 fully saturated rings. The molecular formula is C24H23F3N2O6. The van der Waals surface area contributed by atoms with Crippen molar-refractivity contribution in [1.82, 2.24) is 10.6 Å². The van der Waals surface area contributed by atoms with E-state index in [0.717, 1.165) is 22.3 Å². The molecule has 1 aliphatic carbocycles. The number of carbonyl (C=O) groups excluding carboxylic acids is 2. The van der Waals surface area contributed by atoms with Gasteiger partial charge < -0.3 is 25.2 Å². The number of carboxylic acids is 1. The van der Waals surface area contributed by atoms with E-state index in [1.54, 1.807) is 5.32 Å². The zero-order valence-electron chi connectivity index (χ0n) is 18.4. The number of carboxylic acid groups (broad SMARTS) is 1. The summed E-state index contributed by atoms with van der Waals surface area (Å²) < 4.78 is 49.9. The molecule has 3 atom stereocenters. The number of hydrogen-bond donors (Lipinski definition) is 3. The van der Waals surface area contributed by atoms with E-state index < -0.39 is 48.8 Å². The topological polar surface area (TPSA) is 114 Å². The van der Waals surface area contributed by atoms with E-state index in [4.69, 9.17) is 14.6 Å². The SMILES string of the molecule is O=C(O)CC(NC(=O)C1OCCC1NC(=O)OCC1c2ccccc2-c2ccccc21)C(F)(F)F. The highest BCUT2D eigenvalue weighted by molar-refractivity contribution is 5.84. The summed E-state index contributed by atoms with van der Waals surface area (Å²) in [5, 5.41) is 12.9. The molecule has 2 amide bonds. The second kappa shape index (κ2) is 9.95. The van der Waals surface area contributed by atoms with Crippen LogP contribution in [0.3, 0.4) is 0 Å². The summed E-state index contributed by atoms with van der Waals surface area (Å²) >= 11 is 0. The van der Waals surface area contributed by atoms with Gasteiger partial charge in [0.2, 0.25) is 0 Å². The van der Waals surface area contributed by atoms with Crippen molar-refractivity contribution in [2.24, 2.45) is 0 Å². The average Bonchev–Trinajstić information content (AvgIpc) is 3.39. The van der Waals surface area contributed by atoms with E-state index in [9.17, 15) is 27.6 Å². The molecule has 186 valence electrons. The number of amides is 2. The number of halogens is 3. The first-order chi connectivity index (χ1) is 16.6. The van der Waals surface area contributed by atoms with Crippen molar-refractivity contribution in [2.75, 3.05) is 13.2 Å². The molecule has 3 unspecified atom stereocenters. The zero-order valence-corrected chi connectivity index (χ0v) is 18.4. The highest BCUT2D eigenvalue weighted by Gasteiger charge is 2.45. The van der Waals surface area contributed by atoms with Gasteiger partial charge in [0.1, 0.15) is 12.6 Å². The maximum atomic E-state index is 13.1. The Bertz CT molecular complexity index is 1080. The molecular weight excluding hydrogens is 469 g/mol. The zero-order chi connectivity index (χ0) is 25.2. The molecule has 0 saturated carbocycles. The first-order valence-electron chi connectivity index (χ1n) is 11.0. The summed E-state index contributed by atoms with van der Waals surface area (Å²) in [6.07, 6.45) is -8.35. The Morgan fingerprint density at radius 1 is 1.06 bits per heavy atom. The molecule has 0 spiro atoms. The quantitative estimate of drug-likeness (QED) is 0.547. The largest absolute Gasteiger partial charge is 0.481 e. The molecule has 11 heteroatoms. The summed E-state index contributed by atoms with van der Waals surface area (Å²) in [5.41, 5.74) is 4.14. The van der Waals surface area contributed by atoms with Crippen LogP contribution in [0.1, 0.15) is 29.9 Å². The number of hydrogen-bond acceptors (Lipinski definition) is 5. The predicted molar refractivity (Wildman–Crippen MR) is 117 cm³/mol. The maximum absolute atomic E-state index is 13.1. The van der Waals surface area contributed by atoms with Crippen LogP contribution in [0, 0.1) is 0 Å². The summed E-state index contributed by atoms with van der Waals surface area (Å²) in [6, 6.07) is 12.0. The van der Waals surface area contributed by atoms with Gasteiger partial charge in [-0.2, -0.15) is 13.2 Å². The number of rotatable bonds is 7. The van der Waals surface area contributed by atoms with Gasteiger partial charge in [-0.25, -0.2) is 4.79 Å². The minimum atomic E-state index is -4.96. The molecule has 2 aromatic carbocycles. The number of alkyl carbamates (subject to hydrolysis) is 1. The molecule has 2 aliphatic rings. The van der Waals surface area contributed by atoms with Gasteiger partial charge in [-0.3, -0.25) is 9.59 Å². The van der Waals surface area contributed by atoms with Crippen LogP contribution in [-0.4, -0.2) is 60.7 Å². The third-order valence-corrected chi connectivity index (χ3v) is 6.09. The highest BCUT2D eigenvalue weighted by atomic mass is 19.4. The lowest BCUT2D eigenvalue weighted by Gasteiger charge is -2.24. The Balaban J connectivity index is 1.37. The Kier molecular flexibility index (Phi) is 6.97. The summed E-state index contributed by atoms with van der Waals surface area (Å²) in [5.74, 6) is -3.06. The summed E-state index contributed by atoms with van der Waals surface area (Å²) in [6.45, 7) is 0.0566. The number of ether oxygens (including phenoxy) is 2. The van der Waals surface area contributed by atoms with Gasteiger partial charge in [-0.05, 0) is 28.7 Å². The lowest BCUT2D eigenvalue weighted by molar-refractivity contribution is -0.172. The summed E-state index contributed by atoms with van der Waals surface area (Å²) in [7, 11) is 0. The van der Waals surface area contributed by atoms with E-state index in [0.29, 0.717) is 0 Å². The van der Waals surface area contributed by atoms with Crippen LogP contribution in [0.15, 0.2) is 48.5 Å². The normalized spacial score (nSPS) is 20.0. The molecule has 0 radical (unpaired) electrons. The molecule has 1 aliphatic heterocycles. The van der Waals surface area contributed by atoms with Crippen molar-refractivity contribution < 1.29 is 42.1 Å². The lowest BCUT2D eigenvalue weighted by Crippen LogP contribution is -2.54. The molecule has 35 heavy (non-hydrogen) atoms. The van der Waals surface area contributed by atoms with Gasteiger partial charge in [0.15, 0.2) is 6.10 Å². The fourth-order valence-electron chi connectivity index (χ4n) is 4.46. The fourth-order valence-corrected chi connectivity index (χ4v) is 4.46. The Labute approximate surface area is 198 Å². The molecule has 4 rings (SSSR count). The van der Waals surface area contributed by atoms with Crippen molar-refractivity contribution >= 4 is 18.0 Å². The average molecular weight is 492 g/mol. The van der Waals surface area contributed by atoms with E-state index in [-0.39, 0.29) is 25.6 Å². The van der Waals surface area contributed by atoms with Crippen molar-refractivity contribution in [1.29, 1.82) is 0 Å². The molecule has 0 aromatic heterocycles. The molecule has 1 heterocycles. The second-order valence-corrected chi connectivity index (χ2v) is 8.36. The van der Waals surface area contributed by atoms with E-state index in [1.165, 1.54) is 0 Å². The first-order valence-corrected chi connectivity index (χ1v) is 11.0. The van der Waals surface area contributed by atoms with E-state index >= 15 is 0 Å². The van der Waals surface area contributed by atoms with Crippen LogP contribution >= 0.6 is 0 Å². The van der Waals surface area contributed by atoms with Crippen LogP contribution in [0.2, 0.25) is 0 Å². The maximum Gasteiger partial charge on any atom is 0.409 e. The van der Waals surface area contributed by atoms with Gasteiger partial charge in [-0.1, -0.05) is 48.5 Å². The summed E-state index contributed by atoms with van der Waals surface area (Å²) in [4.78, 5) is 35.6. The highest BCUT2D eigenvalue weighted by Crippen LogP contribution is 2.44. The number of fused-ring (bicyclic) bond motifs is 3. The standard InChI is InChI=1S/C24H23F3N2O6/c25-24(26,27)19(11-20(30)31)29-22(32)21-18(9-10-34-21)28-23(33)35-12-17-15-7-3-1-5-13(15)14-6-2-4-8-16(14)17/h1-8,17-19,21H,9-12H2,(H,28,33)(H,29,32)(H,30,31). The third kappa shape index (κ3) is 5.40. The second-order valence-electron chi connectivity index (χ2n) is 8.36. The third-order valence-electron chi connectivity index (χ3n) is 6.09. The molecule has 2 aromatic rings. The monoisotopic (exact) mass is 492 g/mol. The van der Waals surface area contributed by atoms with Gasteiger partial charge in [0.25, 0.3) is 5.91 Å². The van der Waals surface area contributed by atoms with Gasteiger partial charge in [-0.15, -0.1) is 0 Å². The Morgan fingerprint density at radius 3 is 2.23 bits per heavy atom. The number of nitrogens with one attached hydrogen (secondary N) is 2. The fraction of sp³-hybridized carbons (Fsp3) is 0.375. The number of alkyl halides is 3. The van der Waals surface area contributed by atoms with Gasteiger partial charge in [0.05, 0.1) is 12.5 Å². The number of benzene rings is 2.